The molecular formula is C18H23ClFN3O. The molecule has 1 aliphatic rings. The summed E-state index contributed by atoms with van der Waals surface area (Å²) in [6.07, 6.45) is 0. The number of carbonyl (C=O) groups excluding carboxylic acids is 1. The molecule has 0 spiro atoms. The summed E-state index contributed by atoms with van der Waals surface area (Å²) in [5.41, 5.74) is 3.46. The fraction of sp³-hybridized carbons (Fsp3) is 0.389. The van der Waals surface area contributed by atoms with Gasteiger partial charge in [0.15, 0.2) is 0 Å². The topological polar surface area (TPSA) is 37.3 Å². The zero-order valence-corrected chi connectivity index (χ0v) is 15.0. The number of aryl methyl sites for hydroxylation is 1. The molecular weight excluding hydrogens is 329 g/mol. The van der Waals surface area contributed by atoms with Gasteiger partial charge < -0.3 is 14.8 Å². The summed E-state index contributed by atoms with van der Waals surface area (Å²) in [6.45, 7) is 8.34. The number of aromatic nitrogens is 1. The van der Waals surface area contributed by atoms with Crippen LogP contribution in [-0.2, 0) is 0 Å². The highest BCUT2D eigenvalue weighted by atomic mass is 35.5. The van der Waals surface area contributed by atoms with Gasteiger partial charge in [0.05, 0.1) is 5.56 Å². The van der Waals surface area contributed by atoms with Crippen LogP contribution in [0.3, 0.4) is 0 Å². The van der Waals surface area contributed by atoms with E-state index in [1.165, 1.54) is 12.1 Å². The van der Waals surface area contributed by atoms with Crippen molar-refractivity contribution >= 4 is 18.3 Å². The lowest BCUT2D eigenvalue weighted by molar-refractivity contribution is 0.0655. The minimum absolute atomic E-state index is 0. The first-order chi connectivity index (χ1) is 11.0. The standard InChI is InChI=1S/C18H22FN3O.ClH/c1-12-10-17(18(23)21-9-8-20-11-13(21)2)14(3)22(12)16-6-4-15(19)5-7-16;/h4-7,10,13,20H,8-9,11H2,1-3H3;1H/t13-;/m0./s1. The number of amides is 1. The fourth-order valence-electron chi connectivity index (χ4n) is 3.26. The lowest BCUT2D eigenvalue weighted by atomic mass is 10.1. The second-order valence-corrected chi connectivity index (χ2v) is 6.15. The number of halogens is 2. The lowest BCUT2D eigenvalue weighted by Crippen LogP contribution is -2.52. The van der Waals surface area contributed by atoms with Crippen molar-refractivity contribution in [3.8, 4) is 5.69 Å². The van der Waals surface area contributed by atoms with Gasteiger partial charge in [-0.05, 0) is 51.1 Å². The molecule has 0 saturated carbocycles. The van der Waals surface area contributed by atoms with E-state index in [1.807, 2.05) is 29.4 Å². The van der Waals surface area contributed by atoms with Crippen LogP contribution in [-0.4, -0.2) is 41.1 Å². The Morgan fingerprint density at radius 2 is 1.92 bits per heavy atom. The summed E-state index contributed by atoms with van der Waals surface area (Å²) in [5, 5.41) is 3.30. The molecule has 0 aliphatic carbocycles. The third-order valence-corrected chi connectivity index (χ3v) is 4.51. The van der Waals surface area contributed by atoms with Crippen LogP contribution >= 0.6 is 12.4 Å². The molecule has 2 heterocycles. The molecule has 1 saturated heterocycles. The van der Waals surface area contributed by atoms with Crippen molar-refractivity contribution < 1.29 is 9.18 Å². The summed E-state index contributed by atoms with van der Waals surface area (Å²) in [7, 11) is 0. The number of hydrogen-bond acceptors (Lipinski definition) is 2. The van der Waals surface area contributed by atoms with Crippen LogP contribution in [0.2, 0.25) is 0 Å². The Morgan fingerprint density at radius 1 is 1.25 bits per heavy atom. The lowest BCUT2D eigenvalue weighted by Gasteiger charge is -2.34. The van der Waals surface area contributed by atoms with Gasteiger partial charge in [0.1, 0.15) is 5.82 Å². The molecule has 24 heavy (non-hydrogen) atoms. The average Bonchev–Trinajstić information content (AvgIpc) is 2.83. The van der Waals surface area contributed by atoms with E-state index in [4.69, 9.17) is 0 Å². The molecule has 0 bridgehead atoms. The Bertz CT molecular complexity index is 727. The highest BCUT2D eigenvalue weighted by molar-refractivity contribution is 5.96. The van der Waals surface area contributed by atoms with Gasteiger partial charge in [0.25, 0.3) is 5.91 Å². The second-order valence-electron chi connectivity index (χ2n) is 6.15. The van der Waals surface area contributed by atoms with Crippen LogP contribution in [0.1, 0.15) is 28.7 Å². The van der Waals surface area contributed by atoms with E-state index < -0.39 is 0 Å². The van der Waals surface area contributed by atoms with Crippen molar-refractivity contribution in [2.45, 2.75) is 26.8 Å². The quantitative estimate of drug-likeness (QED) is 0.902. The van der Waals surface area contributed by atoms with Crippen molar-refractivity contribution in [1.82, 2.24) is 14.8 Å². The molecule has 0 unspecified atom stereocenters. The van der Waals surface area contributed by atoms with Gasteiger partial charge in [-0.25, -0.2) is 4.39 Å². The van der Waals surface area contributed by atoms with Crippen molar-refractivity contribution in [1.29, 1.82) is 0 Å². The molecule has 2 aromatic rings. The molecule has 1 aliphatic heterocycles. The van der Waals surface area contributed by atoms with E-state index in [2.05, 4.69) is 12.2 Å². The summed E-state index contributed by atoms with van der Waals surface area (Å²) in [4.78, 5) is 14.8. The maximum absolute atomic E-state index is 13.1. The summed E-state index contributed by atoms with van der Waals surface area (Å²) >= 11 is 0. The molecule has 1 atom stereocenters. The number of carbonyl (C=O) groups is 1. The zero-order valence-electron chi connectivity index (χ0n) is 14.2. The predicted molar refractivity (Wildman–Crippen MR) is 95.8 cm³/mol. The molecule has 1 fully saturated rings. The fourth-order valence-corrected chi connectivity index (χ4v) is 3.26. The largest absolute Gasteiger partial charge is 0.333 e. The number of piperazine rings is 1. The molecule has 130 valence electrons. The number of nitrogens with one attached hydrogen (secondary N) is 1. The molecule has 0 radical (unpaired) electrons. The van der Waals surface area contributed by atoms with Crippen LogP contribution in [0.4, 0.5) is 4.39 Å². The number of nitrogens with zero attached hydrogens (tertiary/aromatic N) is 2. The average molecular weight is 352 g/mol. The molecule has 1 amide bonds. The van der Waals surface area contributed by atoms with E-state index in [-0.39, 0.29) is 30.2 Å². The maximum Gasteiger partial charge on any atom is 0.256 e. The normalized spacial score (nSPS) is 17.5. The van der Waals surface area contributed by atoms with Crippen molar-refractivity contribution in [3.05, 3.63) is 53.1 Å². The van der Waals surface area contributed by atoms with Crippen molar-refractivity contribution in [2.75, 3.05) is 19.6 Å². The number of hydrogen-bond donors (Lipinski definition) is 1. The first kappa shape index (κ1) is 18.5. The summed E-state index contributed by atoms with van der Waals surface area (Å²) < 4.78 is 15.1. The smallest absolute Gasteiger partial charge is 0.256 e. The van der Waals surface area contributed by atoms with Crippen LogP contribution in [0.25, 0.3) is 5.69 Å². The van der Waals surface area contributed by atoms with Gasteiger partial charge in [-0.2, -0.15) is 0 Å². The Balaban J connectivity index is 0.00000208. The second kappa shape index (κ2) is 7.36. The van der Waals surface area contributed by atoms with E-state index in [0.717, 1.165) is 42.3 Å². The Hall–Kier alpha value is -1.85. The number of benzene rings is 1. The first-order valence-corrected chi connectivity index (χ1v) is 7.95. The summed E-state index contributed by atoms with van der Waals surface area (Å²) in [5.74, 6) is -0.192. The molecule has 1 aromatic heterocycles. The maximum atomic E-state index is 13.1. The highest BCUT2D eigenvalue weighted by Gasteiger charge is 2.27. The van der Waals surface area contributed by atoms with Crippen molar-refractivity contribution in [3.63, 3.8) is 0 Å². The highest BCUT2D eigenvalue weighted by Crippen LogP contribution is 2.23. The van der Waals surface area contributed by atoms with Gasteiger partial charge in [0, 0.05) is 42.8 Å². The zero-order chi connectivity index (χ0) is 16.6. The molecule has 1 aromatic carbocycles. The van der Waals surface area contributed by atoms with Crippen LogP contribution in [0, 0.1) is 19.7 Å². The summed E-state index contributed by atoms with van der Waals surface area (Å²) in [6, 6.07) is 8.46. The van der Waals surface area contributed by atoms with Crippen LogP contribution < -0.4 is 5.32 Å². The van der Waals surface area contributed by atoms with Gasteiger partial charge >= 0.3 is 0 Å². The van der Waals surface area contributed by atoms with Gasteiger partial charge in [-0.1, -0.05) is 0 Å². The first-order valence-electron chi connectivity index (χ1n) is 7.95. The molecule has 4 nitrogen and oxygen atoms in total. The minimum Gasteiger partial charge on any atom is -0.333 e. The van der Waals surface area contributed by atoms with E-state index in [9.17, 15) is 9.18 Å². The van der Waals surface area contributed by atoms with Crippen molar-refractivity contribution in [2.24, 2.45) is 0 Å². The monoisotopic (exact) mass is 351 g/mol. The third-order valence-electron chi connectivity index (χ3n) is 4.51. The predicted octanol–water partition coefficient (Wildman–Crippen LogP) is 3.09. The minimum atomic E-state index is -0.262. The van der Waals surface area contributed by atoms with Gasteiger partial charge in [-0.15, -0.1) is 12.4 Å². The van der Waals surface area contributed by atoms with Crippen LogP contribution in [0.15, 0.2) is 30.3 Å². The van der Waals surface area contributed by atoms with E-state index >= 15 is 0 Å². The van der Waals surface area contributed by atoms with E-state index in [1.54, 1.807) is 12.1 Å². The van der Waals surface area contributed by atoms with Gasteiger partial charge in [0.2, 0.25) is 0 Å². The Kier molecular flexibility index (Phi) is 5.67. The Morgan fingerprint density at radius 3 is 2.54 bits per heavy atom. The molecule has 1 N–H and O–H groups in total. The van der Waals surface area contributed by atoms with E-state index in [0.29, 0.717) is 0 Å². The van der Waals surface area contributed by atoms with Crippen LogP contribution in [0.5, 0.6) is 0 Å². The SMILES string of the molecule is Cc1cc(C(=O)N2CCNC[C@@H]2C)c(C)n1-c1ccc(F)cc1.Cl. The van der Waals surface area contributed by atoms with Gasteiger partial charge in [-0.3, -0.25) is 4.79 Å². The Labute approximate surface area is 148 Å². The third kappa shape index (κ3) is 3.32. The molecule has 3 rings (SSSR count). The number of rotatable bonds is 2. The molecule has 6 heteroatoms.